The summed E-state index contributed by atoms with van der Waals surface area (Å²) in [5, 5.41) is 8.67. The van der Waals surface area contributed by atoms with Crippen LogP contribution in [0.1, 0.15) is 87.5 Å². The number of nitrogens with one attached hydrogen (secondary N) is 2. The largest absolute Gasteiger partial charge is 0.457 e. The van der Waals surface area contributed by atoms with E-state index in [1.165, 1.54) is 0 Å². The minimum atomic E-state index is -0.274. The van der Waals surface area contributed by atoms with Crippen LogP contribution < -0.4 is 11.1 Å². The average molecular weight is 411 g/mol. The molecule has 29 heavy (non-hydrogen) atoms. The molecule has 1 amide bonds. The third-order valence-electron chi connectivity index (χ3n) is 6.25. The van der Waals surface area contributed by atoms with Crippen molar-refractivity contribution in [2.45, 2.75) is 111 Å². The standard InChI is InChI=1S/C20H41BN2O3.CHNO/c1-16(24)23-20(13-11-15-22,17(2,3)4)12-9-10-14-21-25-18(5,6)19(7,8)26-21;2-1-3/h9-15,22H2,1-8H3,(H,23,24);2H. The summed E-state index contributed by atoms with van der Waals surface area (Å²) in [6.07, 6.45) is 6.42. The van der Waals surface area contributed by atoms with Crippen LogP contribution in [0.15, 0.2) is 0 Å². The second-order valence-electron chi connectivity index (χ2n) is 9.94. The molecule has 0 aromatic rings. The molecule has 1 atom stereocenters. The summed E-state index contributed by atoms with van der Waals surface area (Å²) in [5.74, 6) is 0.0305. The van der Waals surface area contributed by atoms with E-state index in [1.54, 1.807) is 6.92 Å². The van der Waals surface area contributed by atoms with Gasteiger partial charge in [-0.1, -0.05) is 33.6 Å². The highest BCUT2D eigenvalue weighted by Crippen LogP contribution is 2.40. The Morgan fingerprint density at radius 3 is 1.90 bits per heavy atom. The van der Waals surface area contributed by atoms with Crippen LogP contribution in [0.25, 0.3) is 0 Å². The van der Waals surface area contributed by atoms with E-state index in [1.807, 2.05) is 0 Å². The van der Waals surface area contributed by atoms with E-state index in [4.69, 9.17) is 25.2 Å². The van der Waals surface area contributed by atoms with Crippen molar-refractivity contribution in [2.24, 2.45) is 11.1 Å². The van der Waals surface area contributed by atoms with Crippen molar-refractivity contribution < 1.29 is 18.9 Å². The van der Waals surface area contributed by atoms with E-state index in [0.29, 0.717) is 6.54 Å². The van der Waals surface area contributed by atoms with Gasteiger partial charge in [-0.25, -0.2) is 10.2 Å². The molecular weight excluding hydrogens is 369 g/mol. The summed E-state index contributed by atoms with van der Waals surface area (Å²) in [6.45, 7) is 17.2. The highest BCUT2D eigenvalue weighted by Gasteiger charge is 2.50. The Bertz CT molecular complexity index is 539. The quantitative estimate of drug-likeness (QED) is 0.231. The fourth-order valence-corrected chi connectivity index (χ4v) is 3.75. The fourth-order valence-electron chi connectivity index (χ4n) is 3.75. The lowest BCUT2D eigenvalue weighted by atomic mass is 9.67. The van der Waals surface area contributed by atoms with Crippen LogP contribution >= 0.6 is 0 Å². The summed E-state index contributed by atoms with van der Waals surface area (Å²) in [5.41, 5.74) is 4.95. The molecule has 0 aromatic carbocycles. The molecule has 168 valence electrons. The first kappa shape index (κ1) is 27.8. The number of hydrogen-bond donors (Lipinski definition) is 3. The fraction of sp³-hybridized carbons (Fsp3) is 0.905. The van der Waals surface area contributed by atoms with Gasteiger partial charge in [0.1, 0.15) is 0 Å². The van der Waals surface area contributed by atoms with Crippen LogP contribution in [0, 0.1) is 10.8 Å². The van der Waals surface area contributed by atoms with Crippen LogP contribution in [-0.2, 0) is 18.9 Å². The predicted octanol–water partition coefficient (Wildman–Crippen LogP) is 3.81. The van der Waals surface area contributed by atoms with E-state index < -0.39 is 0 Å². The van der Waals surface area contributed by atoms with Crippen LogP contribution in [0.2, 0.25) is 6.32 Å². The zero-order valence-corrected chi connectivity index (χ0v) is 19.7. The molecule has 0 bridgehead atoms. The number of unbranched alkanes of at least 4 members (excludes halogenated alkanes) is 1. The van der Waals surface area contributed by atoms with Gasteiger partial charge in [0.25, 0.3) is 0 Å². The van der Waals surface area contributed by atoms with Crippen molar-refractivity contribution in [3.8, 4) is 0 Å². The maximum Gasteiger partial charge on any atom is 0.457 e. The molecule has 1 aliphatic rings. The molecule has 0 saturated carbocycles. The molecule has 0 radical (unpaired) electrons. The van der Waals surface area contributed by atoms with E-state index in [9.17, 15) is 4.79 Å². The lowest BCUT2D eigenvalue weighted by molar-refractivity contribution is -0.122. The van der Waals surface area contributed by atoms with Gasteiger partial charge in [-0.05, 0) is 65.2 Å². The number of amides is 1. The van der Waals surface area contributed by atoms with Crippen molar-refractivity contribution in [3.63, 3.8) is 0 Å². The first-order valence-electron chi connectivity index (χ1n) is 10.6. The Morgan fingerprint density at radius 1 is 1.07 bits per heavy atom. The van der Waals surface area contributed by atoms with Gasteiger partial charge in [-0.2, -0.15) is 0 Å². The summed E-state index contributed by atoms with van der Waals surface area (Å²) >= 11 is 0. The van der Waals surface area contributed by atoms with Gasteiger partial charge in [0, 0.05) is 12.5 Å². The molecular formula is C21H42BN3O4. The molecule has 1 aliphatic heterocycles. The number of carbonyl (C=O) groups excluding carboxylic acids is 2. The zero-order valence-electron chi connectivity index (χ0n) is 19.7. The second kappa shape index (κ2) is 11.3. The van der Waals surface area contributed by atoms with Crippen molar-refractivity contribution in [1.82, 2.24) is 5.32 Å². The van der Waals surface area contributed by atoms with E-state index in [2.05, 4.69) is 53.8 Å². The van der Waals surface area contributed by atoms with Gasteiger partial charge in [-0.15, -0.1) is 0 Å². The van der Waals surface area contributed by atoms with Gasteiger partial charge in [0.05, 0.1) is 11.2 Å². The van der Waals surface area contributed by atoms with Gasteiger partial charge in [0.15, 0.2) is 0 Å². The first-order valence-corrected chi connectivity index (χ1v) is 10.6. The molecule has 1 saturated heterocycles. The van der Waals surface area contributed by atoms with Crippen molar-refractivity contribution >= 4 is 19.1 Å². The molecule has 0 aromatic heterocycles. The van der Waals surface area contributed by atoms with Crippen LogP contribution in [0.3, 0.4) is 0 Å². The van der Waals surface area contributed by atoms with Crippen molar-refractivity contribution in [3.05, 3.63) is 0 Å². The zero-order chi connectivity index (χ0) is 22.9. The third-order valence-corrected chi connectivity index (χ3v) is 6.25. The maximum atomic E-state index is 11.9. The Hall–Kier alpha value is -1.21. The smallest absolute Gasteiger partial charge is 0.403 e. The van der Waals surface area contributed by atoms with Gasteiger partial charge < -0.3 is 20.4 Å². The van der Waals surface area contributed by atoms with Crippen molar-refractivity contribution in [2.75, 3.05) is 6.54 Å². The summed E-state index contributed by atoms with van der Waals surface area (Å²) in [7, 11) is -0.145. The molecule has 0 spiro atoms. The van der Waals surface area contributed by atoms with Crippen LogP contribution in [0.5, 0.6) is 0 Å². The predicted molar refractivity (Wildman–Crippen MR) is 117 cm³/mol. The average Bonchev–Trinajstić information content (AvgIpc) is 2.75. The molecule has 1 fully saturated rings. The van der Waals surface area contributed by atoms with E-state index >= 15 is 0 Å². The molecule has 4 N–H and O–H groups in total. The Labute approximate surface area is 177 Å². The molecule has 8 heteroatoms. The second-order valence-corrected chi connectivity index (χ2v) is 9.94. The minimum Gasteiger partial charge on any atom is -0.403 e. The number of nitrogens with two attached hydrogens (primary N) is 1. The molecule has 7 nitrogen and oxygen atoms in total. The number of isocyanates is 1. The number of carbonyl (C=O) groups is 1. The lowest BCUT2D eigenvalue weighted by Gasteiger charge is -2.46. The normalized spacial score (nSPS) is 19.6. The topological polar surface area (TPSA) is 114 Å². The maximum absolute atomic E-state index is 11.9. The Kier molecular flexibility index (Phi) is 10.8. The molecule has 1 heterocycles. The van der Waals surface area contributed by atoms with Crippen molar-refractivity contribution in [1.29, 1.82) is 5.41 Å². The summed E-state index contributed by atoms with van der Waals surface area (Å²) < 4.78 is 12.2. The SMILES string of the molecule is CC(=O)NC(CCCN)(CCCCB1OC(C)(C)C(C)(C)O1)C(C)(C)C.N=C=O. The molecule has 1 rings (SSSR count). The number of rotatable bonds is 9. The molecule has 1 unspecified atom stereocenters. The summed E-state index contributed by atoms with van der Waals surface area (Å²) in [6, 6.07) is 0. The van der Waals surface area contributed by atoms with Crippen LogP contribution in [-0.4, -0.2) is 42.4 Å². The number of hydrogen-bond acceptors (Lipinski definition) is 6. The lowest BCUT2D eigenvalue weighted by Crippen LogP contribution is -2.56. The Morgan fingerprint density at radius 2 is 1.52 bits per heavy atom. The molecule has 0 aliphatic carbocycles. The summed E-state index contributed by atoms with van der Waals surface area (Å²) in [4.78, 5) is 20.2. The minimum absolute atomic E-state index is 0.0296. The highest BCUT2D eigenvalue weighted by molar-refractivity contribution is 6.45. The third kappa shape index (κ3) is 8.21. The van der Waals surface area contributed by atoms with Gasteiger partial charge in [-0.3, -0.25) is 4.79 Å². The van der Waals surface area contributed by atoms with Gasteiger partial charge >= 0.3 is 7.12 Å². The Balaban J connectivity index is 0.00000245. The van der Waals surface area contributed by atoms with E-state index in [-0.39, 0.29) is 35.2 Å². The van der Waals surface area contributed by atoms with Gasteiger partial charge in [0.2, 0.25) is 12.0 Å². The van der Waals surface area contributed by atoms with E-state index in [0.717, 1.165) is 44.5 Å². The highest BCUT2D eigenvalue weighted by atomic mass is 16.7. The first-order chi connectivity index (χ1) is 13.2. The monoisotopic (exact) mass is 411 g/mol. The van der Waals surface area contributed by atoms with Crippen LogP contribution in [0.4, 0.5) is 0 Å².